The van der Waals surface area contributed by atoms with Crippen LogP contribution in [0.15, 0.2) is 12.1 Å². The van der Waals surface area contributed by atoms with Crippen LogP contribution in [0, 0.1) is 6.92 Å². The molecule has 1 heterocycles. The third-order valence-electron chi connectivity index (χ3n) is 3.75. The van der Waals surface area contributed by atoms with Crippen LogP contribution in [0.3, 0.4) is 0 Å². The molecule has 3 heteroatoms. The van der Waals surface area contributed by atoms with Crippen LogP contribution in [0.2, 0.25) is 0 Å². The van der Waals surface area contributed by atoms with Crippen LogP contribution in [-0.2, 0) is 6.54 Å². The molecule has 20 heavy (non-hydrogen) atoms. The molecule has 0 aromatic carbocycles. The van der Waals surface area contributed by atoms with Gasteiger partial charge >= 0.3 is 0 Å². The first-order valence-corrected chi connectivity index (χ1v) is 7.76. The Kier molecular flexibility index (Phi) is 6.00. The second kappa shape index (κ2) is 7.07. The van der Waals surface area contributed by atoms with Crippen molar-refractivity contribution in [3.05, 3.63) is 23.4 Å². The van der Waals surface area contributed by atoms with Crippen molar-refractivity contribution in [3.63, 3.8) is 0 Å². The molecule has 0 saturated carbocycles. The zero-order valence-electron chi connectivity index (χ0n) is 14.2. The van der Waals surface area contributed by atoms with E-state index < -0.39 is 0 Å². The number of anilines is 1. The maximum absolute atomic E-state index is 4.80. The molecule has 0 radical (unpaired) electrons. The van der Waals surface area contributed by atoms with Gasteiger partial charge in [0.1, 0.15) is 5.82 Å². The Morgan fingerprint density at radius 2 is 1.90 bits per heavy atom. The number of pyridine rings is 1. The molecule has 0 fully saturated rings. The first kappa shape index (κ1) is 17.0. The SMILES string of the molecule is CCC(C)N(CC)c1ccc(CNC(C)(C)C)c(C)n1. The first-order chi connectivity index (χ1) is 9.28. The largest absolute Gasteiger partial charge is 0.354 e. The van der Waals surface area contributed by atoms with Crippen molar-refractivity contribution in [1.29, 1.82) is 0 Å². The molecule has 0 spiro atoms. The van der Waals surface area contributed by atoms with Gasteiger partial charge in [0.2, 0.25) is 0 Å². The molecule has 0 aliphatic heterocycles. The molecule has 1 aromatic heterocycles. The Bertz CT molecular complexity index is 421. The fraction of sp³-hybridized carbons (Fsp3) is 0.706. The van der Waals surface area contributed by atoms with Crippen LogP contribution in [0.5, 0.6) is 0 Å². The van der Waals surface area contributed by atoms with Gasteiger partial charge in [0, 0.05) is 30.4 Å². The van der Waals surface area contributed by atoms with Crippen molar-refractivity contribution in [2.24, 2.45) is 0 Å². The van der Waals surface area contributed by atoms with Gasteiger partial charge in [0.15, 0.2) is 0 Å². The van der Waals surface area contributed by atoms with E-state index in [1.54, 1.807) is 0 Å². The number of nitrogens with one attached hydrogen (secondary N) is 1. The minimum Gasteiger partial charge on any atom is -0.354 e. The van der Waals surface area contributed by atoms with Crippen LogP contribution in [0.4, 0.5) is 5.82 Å². The predicted molar refractivity (Wildman–Crippen MR) is 88.3 cm³/mol. The first-order valence-electron chi connectivity index (χ1n) is 7.76. The van der Waals surface area contributed by atoms with E-state index >= 15 is 0 Å². The second-order valence-corrected chi connectivity index (χ2v) is 6.56. The van der Waals surface area contributed by atoms with Crippen molar-refractivity contribution >= 4 is 5.82 Å². The summed E-state index contributed by atoms with van der Waals surface area (Å²) >= 11 is 0. The lowest BCUT2D eigenvalue weighted by molar-refractivity contribution is 0.423. The zero-order chi connectivity index (χ0) is 15.3. The predicted octanol–water partition coefficient (Wildman–Crippen LogP) is 3.90. The lowest BCUT2D eigenvalue weighted by Gasteiger charge is -2.29. The second-order valence-electron chi connectivity index (χ2n) is 6.56. The minimum atomic E-state index is 0.136. The lowest BCUT2D eigenvalue weighted by atomic mass is 10.1. The monoisotopic (exact) mass is 277 g/mol. The molecular formula is C17H31N3. The highest BCUT2D eigenvalue weighted by Gasteiger charge is 2.14. The minimum absolute atomic E-state index is 0.136. The molecule has 1 rings (SSSR count). The van der Waals surface area contributed by atoms with Crippen molar-refractivity contribution in [1.82, 2.24) is 10.3 Å². The molecule has 0 aliphatic rings. The van der Waals surface area contributed by atoms with Crippen LogP contribution >= 0.6 is 0 Å². The van der Waals surface area contributed by atoms with E-state index in [9.17, 15) is 0 Å². The van der Waals surface area contributed by atoms with Crippen molar-refractivity contribution in [2.75, 3.05) is 11.4 Å². The third-order valence-corrected chi connectivity index (χ3v) is 3.75. The number of hydrogen-bond donors (Lipinski definition) is 1. The summed E-state index contributed by atoms with van der Waals surface area (Å²) in [7, 11) is 0. The molecule has 1 atom stereocenters. The van der Waals surface area contributed by atoms with Gasteiger partial charge < -0.3 is 10.2 Å². The Balaban J connectivity index is 2.86. The quantitative estimate of drug-likeness (QED) is 0.854. The molecular weight excluding hydrogens is 246 g/mol. The Labute approximate surface area is 124 Å². The standard InChI is InChI=1S/C17H31N3/c1-8-13(3)20(9-2)16-11-10-15(14(4)19-16)12-18-17(5,6)7/h10-11,13,18H,8-9,12H2,1-7H3. The normalized spacial score (nSPS) is 13.3. The summed E-state index contributed by atoms with van der Waals surface area (Å²) in [4.78, 5) is 7.17. The van der Waals surface area contributed by atoms with E-state index in [-0.39, 0.29) is 5.54 Å². The van der Waals surface area contributed by atoms with Gasteiger partial charge in [-0.2, -0.15) is 0 Å². The fourth-order valence-corrected chi connectivity index (χ4v) is 2.20. The summed E-state index contributed by atoms with van der Waals surface area (Å²) in [6.07, 6.45) is 1.14. The average molecular weight is 277 g/mol. The topological polar surface area (TPSA) is 28.2 Å². The van der Waals surface area contributed by atoms with Gasteiger partial charge in [-0.1, -0.05) is 13.0 Å². The van der Waals surface area contributed by atoms with Gasteiger partial charge in [-0.15, -0.1) is 0 Å². The summed E-state index contributed by atoms with van der Waals surface area (Å²) in [5.74, 6) is 1.10. The number of nitrogens with zero attached hydrogens (tertiary/aromatic N) is 2. The number of aromatic nitrogens is 1. The van der Waals surface area contributed by atoms with E-state index in [0.29, 0.717) is 6.04 Å². The summed E-state index contributed by atoms with van der Waals surface area (Å²) in [5.41, 5.74) is 2.54. The lowest BCUT2D eigenvalue weighted by Crippen LogP contribution is -2.35. The molecule has 3 nitrogen and oxygen atoms in total. The Morgan fingerprint density at radius 1 is 1.25 bits per heavy atom. The van der Waals surface area contributed by atoms with Crippen LogP contribution in [0.1, 0.15) is 59.2 Å². The van der Waals surface area contributed by atoms with Gasteiger partial charge in [-0.05, 0) is 59.6 Å². The van der Waals surface area contributed by atoms with E-state index in [2.05, 4.69) is 70.8 Å². The maximum Gasteiger partial charge on any atom is 0.129 e. The summed E-state index contributed by atoms with van der Waals surface area (Å²) in [6, 6.07) is 4.90. The van der Waals surface area contributed by atoms with Gasteiger partial charge in [0.05, 0.1) is 0 Å². The van der Waals surface area contributed by atoms with Crippen LogP contribution < -0.4 is 10.2 Å². The van der Waals surface area contributed by atoms with Crippen LogP contribution in [0.25, 0.3) is 0 Å². The molecule has 0 amide bonds. The van der Waals surface area contributed by atoms with Crippen molar-refractivity contribution in [2.45, 2.75) is 73.0 Å². The Hall–Kier alpha value is -1.09. The smallest absolute Gasteiger partial charge is 0.129 e. The molecule has 0 saturated heterocycles. The fourth-order valence-electron chi connectivity index (χ4n) is 2.20. The van der Waals surface area contributed by atoms with Gasteiger partial charge in [-0.25, -0.2) is 4.98 Å². The van der Waals surface area contributed by atoms with Crippen molar-refractivity contribution < 1.29 is 0 Å². The van der Waals surface area contributed by atoms with E-state index in [1.807, 2.05) is 0 Å². The van der Waals surface area contributed by atoms with Crippen LogP contribution in [-0.4, -0.2) is 23.1 Å². The summed E-state index contributed by atoms with van der Waals surface area (Å²) in [5, 5.41) is 3.52. The molecule has 1 aromatic rings. The highest BCUT2D eigenvalue weighted by atomic mass is 15.2. The maximum atomic E-state index is 4.80. The number of hydrogen-bond acceptors (Lipinski definition) is 3. The molecule has 0 bridgehead atoms. The van der Waals surface area contributed by atoms with Gasteiger partial charge in [-0.3, -0.25) is 0 Å². The van der Waals surface area contributed by atoms with E-state index in [0.717, 1.165) is 31.0 Å². The molecule has 1 unspecified atom stereocenters. The van der Waals surface area contributed by atoms with Crippen molar-refractivity contribution in [3.8, 4) is 0 Å². The Morgan fingerprint density at radius 3 is 2.35 bits per heavy atom. The molecule has 0 aliphatic carbocycles. The summed E-state index contributed by atoms with van der Waals surface area (Å²) < 4.78 is 0. The summed E-state index contributed by atoms with van der Waals surface area (Å²) in [6.45, 7) is 17.2. The highest BCUT2D eigenvalue weighted by molar-refractivity contribution is 5.42. The molecule has 114 valence electrons. The third kappa shape index (κ3) is 4.78. The molecule has 1 N–H and O–H groups in total. The van der Waals surface area contributed by atoms with Gasteiger partial charge in [0.25, 0.3) is 0 Å². The number of aryl methyl sites for hydroxylation is 1. The van der Waals surface area contributed by atoms with E-state index in [1.165, 1.54) is 5.56 Å². The zero-order valence-corrected chi connectivity index (χ0v) is 14.2. The van der Waals surface area contributed by atoms with E-state index in [4.69, 9.17) is 4.98 Å². The average Bonchev–Trinajstić information content (AvgIpc) is 2.37. The number of rotatable bonds is 6. The highest BCUT2D eigenvalue weighted by Crippen LogP contribution is 2.18.